The summed E-state index contributed by atoms with van der Waals surface area (Å²) in [5, 5.41) is 8.21. The summed E-state index contributed by atoms with van der Waals surface area (Å²) in [6.45, 7) is 7.12. The van der Waals surface area contributed by atoms with Crippen LogP contribution >= 0.6 is 0 Å². The zero-order valence-corrected chi connectivity index (χ0v) is 24.2. The topological polar surface area (TPSA) is 118 Å². The minimum absolute atomic E-state index is 0.160. The Kier molecular flexibility index (Phi) is 9.32. The number of halogens is 3. The lowest BCUT2D eigenvalue weighted by atomic mass is 10.1. The zero-order valence-electron chi connectivity index (χ0n) is 24.2. The Hall–Kier alpha value is -4.23. The fraction of sp³-hybridized carbons (Fsp3) is 0.379. The molecule has 2 heterocycles. The number of benzene rings is 2. The third kappa shape index (κ3) is 7.74. The van der Waals surface area contributed by atoms with Crippen LogP contribution in [0.25, 0.3) is 5.70 Å². The molecule has 4 rings (SSSR count). The lowest BCUT2D eigenvalue weighted by Crippen LogP contribution is -2.31. The van der Waals surface area contributed by atoms with E-state index < -0.39 is 18.0 Å². The Morgan fingerprint density at radius 1 is 1.17 bits per heavy atom. The van der Waals surface area contributed by atoms with Gasteiger partial charge >= 0.3 is 6.36 Å². The number of aromatic nitrogens is 2. The van der Waals surface area contributed by atoms with E-state index in [0.717, 1.165) is 55.4 Å². The van der Waals surface area contributed by atoms with Crippen molar-refractivity contribution >= 4 is 28.7 Å². The summed E-state index contributed by atoms with van der Waals surface area (Å²) in [6.07, 6.45) is 0.585. The van der Waals surface area contributed by atoms with Crippen LogP contribution in [0.1, 0.15) is 40.0 Å². The quantitative estimate of drug-likeness (QED) is 0.237. The Morgan fingerprint density at radius 2 is 1.88 bits per heavy atom. The summed E-state index contributed by atoms with van der Waals surface area (Å²) >= 11 is 0. The number of rotatable bonds is 10. The second-order valence-electron chi connectivity index (χ2n) is 10.4. The van der Waals surface area contributed by atoms with E-state index in [4.69, 9.17) is 11.6 Å². The Labute approximate surface area is 243 Å². The first kappa shape index (κ1) is 30.7. The summed E-state index contributed by atoms with van der Waals surface area (Å²) in [5.41, 5.74) is 10.4. The number of carbonyl (C=O) groups excluding carboxylic acids is 1. The molecule has 0 saturated carbocycles. The van der Waals surface area contributed by atoms with Gasteiger partial charge in [-0.3, -0.25) is 14.5 Å². The van der Waals surface area contributed by atoms with Crippen LogP contribution in [0.5, 0.6) is 5.75 Å². The first-order chi connectivity index (χ1) is 19.8. The van der Waals surface area contributed by atoms with Crippen LogP contribution in [0, 0.1) is 13.8 Å². The number of nitrogens with two attached hydrogens (primary N) is 2. The largest absolute Gasteiger partial charge is 0.573 e. The maximum Gasteiger partial charge on any atom is 0.573 e. The minimum Gasteiger partial charge on any atom is -0.406 e. The van der Waals surface area contributed by atoms with Gasteiger partial charge in [0.2, 0.25) is 0 Å². The number of ether oxygens (including phenoxy) is 1. The molecule has 5 N–H and O–H groups in total. The molecule has 10 nitrogen and oxygen atoms in total. The summed E-state index contributed by atoms with van der Waals surface area (Å²) in [4.78, 5) is 17.4. The van der Waals surface area contributed by atoms with Gasteiger partial charge in [-0.1, -0.05) is 6.07 Å². The third-order valence-corrected chi connectivity index (χ3v) is 7.35. The van der Waals surface area contributed by atoms with Crippen LogP contribution in [0.3, 0.4) is 0 Å². The number of alkyl halides is 3. The van der Waals surface area contributed by atoms with Gasteiger partial charge < -0.3 is 25.6 Å². The maximum atomic E-state index is 13.3. The standard InChI is InChI=1S/C29H37F3N8O2/c1-19-7-8-21(13-27(19)40(34)18-26(33)25-17-35-38(4)20(25)2)28(41)36-22-14-23(16-24(15-22)42-29(30,31)32)37(3)11-12-39-9-5-6-10-39/h7-8,13-18H,5-6,9-12,33-34H2,1-4H3,(H,36,41)/b26-18-. The van der Waals surface area contributed by atoms with Gasteiger partial charge in [0, 0.05) is 73.7 Å². The predicted octanol–water partition coefficient (Wildman–Crippen LogP) is 4.36. The van der Waals surface area contributed by atoms with Gasteiger partial charge in [0.15, 0.2) is 0 Å². The van der Waals surface area contributed by atoms with Crippen molar-refractivity contribution in [2.45, 2.75) is 33.1 Å². The van der Waals surface area contributed by atoms with E-state index in [0.29, 0.717) is 23.6 Å². The molecule has 1 saturated heterocycles. The maximum absolute atomic E-state index is 13.3. The van der Waals surface area contributed by atoms with Crippen molar-refractivity contribution < 1.29 is 22.7 Å². The van der Waals surface area contributed by atoms with E-state index in [1.807, 2.05) is 18.7 Å². The van der Waals surface area contributed by atoms with Gasteiger partial charge in [0.25, 0.3) is 5.91 Å². The number of nitrogens with zero attached hydrogens (tertiary/aromatic N) is 5. The van der Waals surface area contributed by atoms with Gasteiger partial charge in [-0.15, -0.1) is 13.2 Å². The Morgan fingerprint density at radius 3 is 2.52 bits per heavy atom. The number of likely N-dealkylation sites (N-methyl/N-ethyl adjacent to an activating group) is 1. The first-order valence-electron chi connectivity index (χ1n) is 13.6. The van der Waals surface area contributed by atoms with Crippen molar-refractivity contribution in [1.82, 2.24) is 14.7 Å². The van der Waals surface area contributed by atoms with Crippen LogP contribution in [-0.4, -0.2) is 60.2 Å². The van der Waals surface area contributed by atoms with Gasteiger partial charge in [0.05, 0.1) is 17.6 Å². The number of hydrogen-bond acceptors (Lipinski definition) is 8. The molecule has 0 unspecified atom stereocenters. The van der Waals surface area contributed by atoms with Crippen molar-refractivity contribution in [2.24, 2.45) is 18.6 Å². The van der Waals surface area contributed by atoms with Crippen molar-refractivity contribution in [3.05, 3.63) is 71.2 Å². The molecule has 1 aliphatic heterocycles. The SMILES string of the molecule is Cc1ccc(C(=O)Nc2cc(OC(F)(F)F)cc(N(C)CCN3CCCC3)c2)cc1N(N)/C=C(\N)c1cnn(C)c1C. The van der Waals surface area contributed by atoms with Crippen molar-refractivity contribution in [2.75, 3.05) is 48.5 Å². The van der Waals surface area contributed by atoms with Crippen LogP contribution in [0.2, 0.25) is 0 Å². The normalized spacial score (nSPS) is 14.2. The molecule has 1 aromatic heterocycles. The molecule has 1 amide bonds. The van der Waals surface area contributed by atoms with E-state index >= 15 is 0 Å². The lowest BCUT2D eigenvalue weighted by molar-refractivity contribution is -0.274. The van der Waals surface area contributed by atoms with Gasteiger partial charge in [-0.2, -0.15) is 5.10 Å². The van der Waals surface area contributed by atoms with Crippen molar-refractivity contribution in [1.29, 1.82) is 0 Å². The third-order valence-electron chi connectivity index (χ3n) is 7.35. The minimum atomic E-state index is -4.88. The van der Waals surface area contributed by atoms with E-state index in [2.05, 4.69) is 20.1 Å². The summed E-state index contributed by atoms with van der Waals surface area (Å²) < 4.78 is 45.2. The highest BCUT2D eigenvalue weighted by molar-refractivity contribution is 6.05. The average Bonchev–Trinajstić information content (AvgIpc) is 3.56. The van der Waals surface area contributed by atoms with Gasteiger partial charge in [0.1, 0.15) is 5.75 Å². The van der Waals surface area contributed by atoms with E-state index in [9.17, 15) is 18.0 Å². The number of likely N-dealkylation sites (tertiary alicyclic amines) is 1. The van der Waals surface area contributed by atoms with Gasteiger partial charge in [-0.05, 0) is 63.5 Å². The number of hydrogen-bond donors (Lipinski definition) is 3. The van der Waals surface area contributed by atoms with Crippen molar-refractivity contribution in [3.8, 4) is 5.75 Å². The highest BCUT2D eigenvalue weighted by Gasteiger charge is 2.31. The molecule has 0 aliphatic carbocycles. The molecule has 1 fully saturated rings. The fourth-order valence-corrected chi connectivity index (χ4v) is 4.80. The number of hydrazine groups is 1. The highest BCUT2D eigenvalue weighted by Crippen LogP contribution is 2.31. The monoisotopic (exact) mass is 586 g/mol. The van der Waals surface area contributed by atoms with Crippen LogP contribution in [-0.2, 0) is 7.05 Å². The molecular weight excluding hydrogens is 549 g/mol. The molecule has 226 valence electrons. The van der Waals surface area contributed by atoms with E-state index in [1.165, 1.54) is 17.3 Å². The zero-order chi connectivity index (χ0) is 30.6. The van der Waals surface area contributed by atoms with Crippen molar-refractivity contribution in [3.63, 3.8) is 0 Å². The molecule has 0 radical (unpaired) electrons. The lowest BCUT2D eigenvalue weighted by Gasteiger charge is -2.24. The summed E-state index contributed by atoms with van der Waals surface area (Å²) in [7, 11) is 3.60. The summed E-state index contributed by atoms with van der Waals surface area (Å²) in [6, 6.07) is 9.00. The molecule has 2 aromatic carbocycles. The Balaban J connectivity index is 1.55. The average molecular weight is 587 g/mol. The predicted molar refractivity (Wildman–Crippen MR) is 158 cm³/mol. The summed E-state index contributed by atoms with van der Waals surface area (Å²) in [5.74, 6) is 5.35. The number of nitrogens with one attached hydrogen (secondary N) is 1. The first-order valence-corrected chi connectivity index (χ1v) is 13.6. The second kappa shape index (κ2) is 12.7. The van der Waals surface area contributed by atoms with E-state index in [1.54, 1.807) is 49.2 Å². The molecule has 13 heteroatoms. The number of anilines is 3. The second-order valence-corrected chi connectivity index (χ2v) is 10.4. The van der Waals surface area contributed by atoms with Crippen LogP contribution < -0.4 is 31.5 Å². The number of aryl methyl sites for hydroxylation is 2. The van der Waals surface area contributed by atoms with Crippen LogP contribution in [0.4, 0.5) is 30.2 Å². The molecule has 0 spiro atoms. The number of amides is 1. The molecule has 42 heavy (non-hydrogen) atoms. The molecule has 1 aliphatic rings. The van der Waals surface area contributed by atoms with Gasteiger partial charge in [-0.25, -0.2) is 5.84 Å². The molecule has 3 aromatic rings. The molecule has 0 bridgehead atoms. The van der Waals surface area contributed by atoms with Crippen LogP contribution in [0.15, 0.2) is 48.8 Å². The number of carbonyl (C=O) groups is 1. The van der Waals surface area contributed by atoms with E-state index in [-0.39, 0.29) is 11.3 Å². The molecular formula is C29H37F3N8O2. The Bertz CT molecular complexity index is 1450. The molecule has 0 atom stereocenters. The smallest absolute Gasteiger partial charge is 0.406 e. The fourth-order valence-electron chi connectivity index (χ4n) is 4.80. The highest BCUT2D eigenvalue weighted by atomic mass is 19.4.